The maximum atomic E-state index is 12.2. The van der Waals surface area contributed by atoms with Crippen LogP contribution in [0.4, 0.5) is 5.69 Å². The van der Waals surface area contributed by atoms with Gasteiger partial charge in [0.2, 0.25) is 0 Å². The molecule has 3 rings (SSSR count). The van der Waals surface area contributed by atoms with Crippen molar-refractivity contribution in [3.63, 3.8) is 0 Å². The van der Waals surface area contributed by atoms with Crippen molar-refractivity contribution in [3.05, 3.63) is 30.0 Å². The molecule has 1 saturated heterocycles. The van der Waals surface area contributed by atoms with E-state index in [1.165, 1.54) is 0 Å². The summed E-state index contributed by atoms with van der Waals surface area (Å²) in [6.45, 7) is 0. The summed E-state index contributed by atoms with van der Waals surface area (Å²) in [5.41, 5.74) is 7.61. The second-order valence-electron chi connectivity index (χ2n) is 5.08. The van der Waals surface area contributed by atoms with E-state index in [9.17, 15) is 13.2 Å². The highest BCUT2D eigenvalue weighted by atomic mass is 32.2. The van der Waals surface area contributed by atoms with Gasteiger partial charge in [0.15, 0.2) is 9.84 Å². The van der Waals surface area contributed by atoms with Gasteiger partial charge in [0.25, 0.3) is 5.91 Å². The first-order chi connectivity index (χ1) is 9.44. The summed E-state index contributed by atoms with van der Waals surface area (Å²) in [5.74, 6) is -0.119. The molecule has 0 bridgehead atoms. The van der Waals surface area contributed by atoms with Gasteiger partial charge in [-0.2, -0.15) is 0 Å². The van der Waals surface area contributed by atoms with E-state index in [1.807, 2.05) is 6.07 Å². The van der Waals surface area contributed by atoms with Crippen molar-refractivity contribution in [2.45, 2.75) is 12.5 Å². The lowest BCUT2D eigenvalue weighted by Crippen LogP contribution is -2.35. The fourth-order valence-corrected chi connectivity index (χ4v) is 4.17. The highest BCUT2D eigenvalue weighted by molar-refractivity contribution is 7.91. The number of nitrogens with one attached hydrogen (secondary N) is 2. The minimum absolute atomic E-state index is 0.0171. The molecule has 4 N–H and O–H groups in total. The maximum absolute atomic E-state index is 12.2. The number of H-pyrrole nitrogens is 1. The number of carbonyl (C=O) groups is 1. The normalized spacial score (nSPS) is 21.1. The summed E-state index contributed by atoms with van der Waals surface area (Å²) < 4.78 is 22.8. The van der Waals surface area contributed by atoms with Crippen LogP contribution in [0.15, 0.2) is 24.4 Å². The first-order valence-corrected chi connectivity index (χ1v) is 8.15. The number of benzene rings is 1. The molecule has 1 fully saturated rings. The van der Waals surface area contributed by atoms with Gasteiger partial charge >= 0.3 is 0 Å². The van der Waals surface area contributed by atoms with Crippen LogP contribution in [0, 0.1) is 0 Å². The van der Waals surface area contributed by atoms with E-state index in [0.717, 1.165) is 10.9 Å². The molecule has 1 atom stereocenters. The maximum Gasteiger partial charge on any atom is 0.253 e. The van der Waals surface area contributed by atoms with Gasteiger partial charge in [-0.15, -0.1) is 0 Å². The van der Waals surface area contributed by atoms with Crippen molar-refractivity contribution in [3.8, 4) is 0 Å². The summed E-state index contributed by atoms with van der Waals surface area (Å²) in [6, 6.07) is 4.98. The van der Waals surface area contributed by atoms with Gasteiger partial charge in [0.05, 0.1) is 17.1 Å². The Morgan fingerprint density at radius 2 is 2.20 bits per heavy atom. The van der Waals surface area contributed by atoms with Crippen LogP contribution in [-0.2, 0) is 9.84 Å². The molecule has 1 aromatic heterocycles. The molecular formula is C13H15N3O3S. The molecule has 6 nitrogen and oxygen atoms in total. The molecule has 20 heavy (non-hydrogen) atoms. The third-order valence-electron chi connectivity index (χ3n) is 3.52. The zero-order valence-electron chi connectivity index (χ0n) is 10.7. The van der Waals surface area contributed by atoms with Crippen molar-refractivity contribution < 1.29 is 13.2 Å². The van der Waals surface area contributed by atoms with Crippen LogP contribution in [0.3, 0.4) is 0 Å². The second-order valence-corrected chi connectivity index (χ2v) is 7.31. The molecule has 1 amide bonds. The Morgan fingerprint density at radius 1 is 1.40 bits per heavy atom. The summed E-state index contributed by atoms with van der Waals surface area (Å²) in [6.07, 6.45) is 2.08. The van der Waals surface area contributed by atoms with Crippen molar-refractivity contribution in [2.75, 3.05) is 17.2 Å². The molecule has 0 saturated carbocycles. The number of aromatic amines is 1. The van der Waals surface area contributed by atoms with Gasteiger partial charge in [-0.1, -0.05) is 0 Å². The number of anilines is 1. The summed E-state index contributed by atoms with van der Waals surface area (Å²) in [4.78, 5) is 15.2. The van der Waals surface area contributed by atoms with E-state index in [2.05, 4.69) is 10.3 Å². The Kier molecular flexibility index (Phi) is 2.93. The highest BCUT2D eigenvalue weighted by Gasteiger charge is 2.29. The molecule has 0 radical (unpaired) electrons. The quantitative estimate of drug-likeness (QED) is 0.707. The Bertz CT molecular complexity index is 779. The minimum atomic E-state index is -3.00. The van der Waals surface area contributed by atoms with Crippen LogP contribution in [0.1, 0.15) is 16.8 Å². The molecule has 7 heteroatoms. The molecule has 0 aliphatic carbocycles. The zero-order chi connectivity index (χ0) is 14.3. The molecule has 2 aromatic rings. The van der Waals surface area contributed by atoms with Crippen molar-refractivity contribution in [1.29, 1.82) is 0 Å². The molecule has 2 heterocycles. The Labute approximate surface area is 116 Å². The van der Waals surface area contributed by atoms with E-state index in [4.69, 9.17) is 5.73 Å². The molecular weight excluding hydrogens is 278 g/mol. The van der Waals surface area contributed by atoms with E-state index >= 15 is 0 Å². The van der Waals surface area contributed by atoms with Gasteiger partial charge in [0.1, 0.15) is 0 Å². The SMILES string of the molecule is Nc1ccc2[nH]cc(C(=O)NC3CCS(=O)(=O)C3)c2c1. The van der Waals surface area contributed by atoms with E-state index in [1.54, 1.807) is 18.3 Å². The highest BCUT2D eigenvalue weighted by Crippen LogP contribution is 2.21. The lowest BCUT2D eigenvalue weighted by atomic mass is 10.1. The molecule has 0 spiro atoms. The predicted molar refractivity (Wildman–Crippen MR) is 77.2 cm³/mol. The van der Waals surface area contributed by atoms with Crippen LogP contribution in [0.2, 0.25) is 0 Å². The van der Waals surface area contributed by atoms with Crippen LogP contribution < -0.4 is 11.1 Å². The second kappa shape index (κ2) is 4.52. The van der Waals surface area contributed by atoms with Crippen molar-refractivity contribution in [1.82, 2.24) is 10.3 Å². The minimum Gasteiger partial charge on any atom is -0.399 e. The first-order valence-electron chi connectivity index (χ1n) is 6.32. The molecule has 1 aliphatic rings. The van der Waals surface area contributed by atoms with Crippen LogP contribution in [0.25, 0.3) is 10.9 Å². The number of hydrogen-bond acceptors (Lipinski definition) is 4. The number of carbonyl (C=O) groups excluding carboxylic acids is 1. The fourth-order valence-electron chi connectivity index (χ4n) is 2.50. The lowest BCUT2D eigenvalue weighted by Gasteiger charge is -2.10. The monoisotopic (exact) mass is 293 g/mol. The van der Waals surface area contributed by atoms with Gasteiger partial charge in [-0.25, -0.2) is 8.42 Å². The molecule has 1 unspecified atom stereocenters. The third kappa shape index (κ3) is 2.36. The third-order valence-corrected chi connectivity index (χ3v) is 5.29. The Balaban J connectivity index is 1.84. The van der Waals surface area contributed by atoms with E-state index in [0.29, 0.717) is 17.7 Å². The predicted octanol–water partition coefficient (Wildman–Crippen LogP) is 0.667. The summed E-state index contributed by atoms with van der Waals surface area (Å²) >= 11 is 0. The van der Waals surface area contributed by atoms with Gasteiger partial charge in [-0.05, 0) is 24.6 Å². The topological polar surface area (TPSA) is 105 Å². The average Bonchev–Trinajstić information content (AvgIpc) is 2.92. The molecule has 106 valence electrons. The van der Waals surface area contributed by atoms with Crippen LogP contribution in [0.5, 0.6) is 0 Å². The summed E-state index contributed by atoms with van der Waals surface area (Å²) in [7, 11) is -3.00. The van der Waals surface area contributed by atoms with Crippen LogP contribution in [-0.4, -0.2) is 36.9 Å². The number of amides is 1. The van der Waals surface area contributed by atoms with Crippen molar-refractivity contribution in [2.24, 2.45) is 0 Å². The van der Waals surface area contributed by atoms with Crippen molar-refractivity contribution >= 4 is 32.3 Å². The zero-order valence-corrected chi connectivity index (χ0v) is 11.5. The van der Waals surface area contributed by atoms with Gasteiger partial charge in [0, 0.05) is 28.8 Å². The number of hydrogen-bond donors (Lipinski definition) is 3. The smallest absolute Gasteiger partial charge is 0.253 e. The Morgan fingerprint density at radius 3 is 2.90 bits per heavy atom. The number of rotatable bonds is 2. The number of nitrogen functional groups attached to an aromatic ring is 1. The Hall–Kier alpha value is -2.02. The standard InChI is InChI=1S/C13H15N3O3S/c14-8-1-2-12-10(5-8)11(6-15-12)13(17)16-9-3-4-20(18,19)7-9/h1-2,5-6,9,15H,3-4,7,14H2,(H,16,17). The molecule has 1 aromatic carbocycles. The van der Waals surface area contributed by atoms with Gasteiger partial charge in [-0.3, -0.25) is 4.79 Å². The molecule has 1 aliphatic heterocycles. The largest absolute Gasteiger partial charge is 0.399 e. The number of aromatic nitrogens is 1. The van der Waals surface area contributed by atoms with Crippen LogP contribution >= 0.6 is 0 Å². The number of fused-ring (bicyclic) bond motifs is 1. The first kappa shape index (κ1) is 13.0. The summed E-state index contributed by atoms with van der Waals surface area (Å²) in [5, 5.41) is 3.51. The lowest BCUT2D eigenvalue weighted by molar-refractivity contribution is 0.0943. The average molecular weight is 293 g/mol. The fraction of sp³-hybridized carbons (Fsp3) is 0.308. The number of nitrogens with two attached hydrogens (primary N) is 1. The van der Waals surface area contributed by atoms with E-state index in [-0.39, 0.29) is 23.5 Å². The van der Waals surface area contributed by atoms with E-state index < -0.39 is 9.84 Å². The number of sulfone groups is 1. The van der Waals surface area contributed by atoms with Gasteiger partial charge < -0.3 is 16.0 Å².